The van der Waals surface area contributed by atoms with Crippen molar-refractivity contribution in [1.29, 1.82) is 0 Å². The highest BCUT2D eigenvalue weighted by Crippen LogP contribution is 2.38. The normalized spacial score (nSPS) is 37.3. The maximum absolute atomic E-state index is 13.5. The standard InChI is InChI=1S/C25H35NO7/c1-14-6-9-18(28)10-8-15(2)12-21(26-23(31)17(4)27)25(5)22(30)16(3)20(33-24(25)32)13-19(29)11-7-14/h6-8,10-12,16-21,27-29H,9,13H2,1-5H3,(H,26,31)/b10-8-,11-7?,14-6?,15-12+/t16-,17+,18+,19-,20+,21-,25+/m1/s1. The number of allylic oxidation sites excluding steroid dienone is 4. The van der Waals surface area contributed by atoms with Gasteiger partial charge in [0.25, 0.3) is 0 Å². The Hall–Kier alpha value is -2.55. The van der Waals surface area contributed by atoms with Crippen LogP contribution in [0.3, 0.4) is 0 Å². The molecule has 33 heavy (non-hydrogen) atoms. The van der Waals surface area contributed by atoms with Crippen molar-refractivity contribution in [2.45, 2.75) is 77.9 Å². The van der Waals surface area contributed by atoms with Crippen LogP contribution in [0.1, 0.15) is 47.5 Å². The van der Waals surface area contributed by atoms with Crippen LogP contribution in [-0.2, 0) is 19.1 Å². The molecule has 1 fully saturated rings. The number of ketones is 1. The molecule has 8 heteroatoms. The van der Waals surface area contributed by atoms with E-state index in [9.17, 15) is 29.7 Å². The van der Waals surface area contributed by atoms with Crippen molar-refractivity contribution < 1.29 is 34.4 Å². The van der Waals surface area contributed by atoms with Crippen molar-refractivity contribution in [3.8, 4) is 0 Å². The molecule has 1 amide bonds. The van der Waals surface area contributed by atoms with Crippen LogP contribution in [-0.4, -0.2) is 63.4 Å². The molecule has 3 rings (SSSR count). The summed E-state index contributed by atoms with van der Waals surface area (Å²) in [7, 11) is 0. The largest absolute Gasteiger partial charge is 0.461 e. The molecule has 182 valence electrons. The van der Waals surface area contributed by atoms with Gasteiger partial charge in [-0.05, 0) is 34.1 Å². The molecule has 0 aromatic rings. The minimum absolute atomic E-state index is 0.0439. The first-order chi connectivity index (χ1) is 15.4. The molecule has 2 bridgehead atoms. The predicted octanol–water partition coefficient (Wildman–Crippen LogP) is 1.51. The Kier molecular flexibility index (Phi) is 8.94. The molecule has 1 saturated heterocycles. The van der Waals surface area contributed by atoms with Crippen LogP contribution in [0.4, 0.5) is 0 Å². The molecule has 0 spiro atoms. The summed E-state index contributed by atoms with van der Waals surface area (Å²) >= 11 is 0. The van der Waals surface area contributed by atoms with E-state index in [2.05, 4.69) is 5.32 Å². The fourth-order valence-corrected chi connectivity index (χ4v) is 3.88. The first-order valence-electron chi connectivity index (χ1n) is 11.2. The van der Waals surface area contributed by atoms with E-state index < -0.39 is 59.5 Å². The van der Waals surface area contributed by atoms with Gasteiger partial charge in [0.2, 0.25) is 5.91 Å². The van der Waals surface area contributed by atoms with E-state index in [0.29, 0.717) is 12.0 Å². The number of rotatable bonds is 2. The second-order valence-electron chi connectivity index (χ2n) is 9.14. The van der Waals surface area contributed by atoms with E-state index in [0.717, 1.165) is 5.57 Å². The molecule has 2 heterocycles. The summed E-state index contributed by atoms with van der Waals surface area (Å²) in [5, 5.41) is 32.9. The number of hydrogen-bond acceptors (Lipinski definition) is 7. The molecule has 0 unspecified atom stereocenters. The minimum atomic E-state index is -1.74. The number of ether oxygens (including phenoxy) is 1. The van der Waals surface area contributed by atoms with E-state index in [-0.39, 0.29) is 6.42 Å². The molecule has 1 aliphatic carbocycles. The number of aliphatic hydroxyl groups excluding tert-OH is 3. The first kappa shape index (κ1) is 26.7. The van der Waals surface area contributed by atoms with Crippen LogP contribution in [0.25, 0.3) is 0 Å². The molecule has 7 atom stereocenters. The molecule has 2 aliphatic heterocycles. The lowest BCUT2D eigenvalue weighted by atomic mass is 9.69. The maximum atomic E-state index is 13.5. The molecule has 0 radical (unpaired) electrons. The Morgan fingerprint density at radius 3 is 2.39 bits per heavy atom. The Morgan fingerprint density at radius 2 is 1.76 bits per heavy atom. The lowest BCUT2D eigenvalue weighted by molar-refractivity contribution is -0.181. The SMILES string of the molecule is CC1=CC[C@H](O)/C=C\C(C)=C\[C@@H](NC(=O)[C@H](C)O)[C@]2(C)C(=O)O[C@@H](C[C@H](O)C=C1)[C@@H](C)C2=O. The summed E-state index contributed by atoms with van der Waals surface area (Å²) in [6.45, 7) is 7.89. The van der Waals surface area contributed by atoms with E-state index in [1.165, 1.54) is 13.8 Å². The third kappa shape index (κ3) is 6.50. The van der Waals surface area contributed by atoms with Crippen molar-refractivity contribution in [1.82, 2.24) is 5.32 Å². The molecule has 4 N–H and O–H groups in total. The zero-order valence-corrected chi connectivity index (χ0v) is 19.8. The number of carbonyl (C=O) groups excluding carboxylic acids is 3. The van der Waals surface area contributed by atoms with Crippen molar-refractivity contribution in [2.75, 3.05) is 0 Å². The first-order valence-corrected chi connectivity index (χ1v) is 11.2. The average Bonchev–Trinajstić information content (AvgIpc) is 2.75. The summed E-state index contributed by atoms with van der Waals surface area (Å²) < 4.78 is 5.61. The van der Waals surface area contributed by atoms with Crippen molar-refractivity contribution in [2.24, 2.45) is 11.3 Å². The fraction of sp³-hybridized carbons (Fsp3) is 0.560. The van der Waals surface area contributed by atoms with Gasteiger partial charge in [0.1, 0.15) is 17.6 Å². The summed E-state index contributed by atoms with van der Waals surface area (Å²) in [6, 6.07) is -1.09. The van der Waals surface area contributed by atoms with E-state index in [1.54, 1.807) is 44.2 Å². The monoisotopic (exact) mass is 461 g/mol. The van der Waals surface area contributed by atoms with Crippen molar-refractivity contribution >= 4 is 17.7 Å². The van der Waals surface area contributed by atoms with Gasteiger partial charge in [0, 0.05) is 6.42 Å². The van der Waals surface area contributed by atoms with Crippen LogP contribution in [0.5, 0.6) is 0 Å². The number of aliphatic hydroxyl groups is 3. The van der Waals surface area contributed by atoms with Gasteiger partial charge >= 0.3 is 5.97 Å². The fourth-order valence-electron chi connectivity index (χ4n) is 3.88. The lowest BCUT2D eigenvalue weighted by Crippen LogP contribution is -2.61. The van der Waals surface area contributed by atoms with Crippen molar-refractivity contribution in [3.63, 3.8) is 0 Å². The van der Waals surface area contributed by atoms with Gasteiger partial charge in [-0.15, -0.1) is 0 Å². The van der Waals surface area contributed by atoms with Crippen molar-refractivity contribution in [3.05, 3.63) is 47.6 Å². The Balaban J connectivity index is 2.56. The number of esters is 1. The van der Waals surface area contributed by atoms with Crippen LogP contribution < -0.4 is 5.32 Å². The molecular weight excluding hydrogens is 426 g/mol. The topological polar surface area (TPSA) is 133 Å². The molecule has 8 nitrogen and oxygen atoms in total. The smallest absolute Gasteiger partial charge is 0.322 e. The Morgan fingerprint density at radius 1 is 1.15 bits per heavy atom. The summed E-state index contributed by atoms with van der Waals surface area (Å²) in [5.41, 5.74) is -0.292. The number of nitrogens with one attached hydrogen (secondary N) is 1. The third-order valence-corrected chi connectivity index (χ3v) is 6.21. The summed E-state index contributed by atoms with van der Waals surface area (Å²) in [5.74, 6) is -2.70. The zero-order valence-electron chi connectivity index (χ0n) is 19.8. The van der Waals surface area contributed by atoms with Gasteiger partial charge in [-0.3, -0.25) is 14.4 Å². The van der Waals surface area contributed by atoms with E-state index >= 15 is 0 Å². The van der Waals surface area contributed by atoms with Gasteiger partial charge in [-0.1, -0.05) is 54.5 Å². The lowest BCUT2D eigenvalue weighted by Gasteiger charge is -2.42. The molecular formula is C25H35NO7. The van der Waals surface area contributed by atoms with Crippen LogP contribution in [0, 0.1) is 11.3 Å². The van der Waals surface area contributed by atoms with Crippen LogP contribution in [0.15, 0.2) is 47.6 Å². The van der Waals surface area contributed by atoms with Crippen LogP contribution in [0.2, 0.25) is 0 Å². The highest BCUT2D eigenvalue weighted by atomic mass is 16.5. The summed E-state index contributed by atoms with van der Waals surface area (Å²) in [4.78, 5) is 38.9. The molecule has 3 aliphatic rings. The van der Waals surface area contributed by atoms with E-state index in [4.69, 9.17) is 4.74 Å². The number of carbonyl (C=O) groups is 3. The molecule has 0 aromatic carbocycles. The summed E-state index contributed by atoms with van der Waals surface area (Å²) in [6.07, 6.45) is 6.38. The predicted molar refractivity (Wildman–Crippen MR) is 123 cm³/mol. The number of hydrogen-bond donors (Lipinski definition) is 4. The second kappa shape index (κ2) is 11.0. The number of fused-ring (bicyclic) bond motifs is 10. The van der Waals surface area contributed by atoms with Gasteiger partial charge in [0.15, 0.2) is 5.78 Å². The van der Waals surface area contributed by atoms with Gasteiger partial charge in [-0.25, -0.2) is 0 Å². The van der Waals surface area contributed by atoms with Gasteiger partial charge in [-0.2, -0.15) is 0 Å². The Bertz CT molecular complexity index is 885. The number of amides is 1. The average molecular weight is 462 g/mol. The van der Waals surface area contributed by atoms with Gasteiger partial charge < -0.3 is 25.4 Å². The maximum Gasteiger partial charge on any atom is 0.322 e. The number of Topliss-reactive ketones (excluding diaryl/α,β-unsaturated/α-hetero) is 1. The van der Waals surface area contributed by atoms with E-state index in [1.807, 2.05) is 13.0 Å². The second-order valence-corrected chi connectivity index (χ2v) is 9.14. The highest BCUT2D eigenvalue weighted by molar-refractivity contribution is 6.08. The molecule has 0 saturated carbocycles. The quantitative estimate of drug-likeness (QED) is 0.362. The zero-order chi connectivity index (χ0) is 24.9. The van der Waals surface area contributed by atoms with Crippen LogP contribution >= 0.6 is 0 Å². The van der Waals surface area contributed by atoms with Gasteiger partial charge in [0.05, 0.1) is 24.2 Å². The highest BCUT2D eigenvalue weighted by Gasteiger charge is 2.56. The third-order valence-electron chi connectivity index (χ3n) is 6.21. The minimum Gasteiger partial charge on any atom is -0.461 e. The molecule has 0 aromatic heterocycles. The Labute approximate surface area is 194 Å².